The third-order valence-electron chi connectivity index (χ3n) is 1.55. The van der Waals surface area contributed by atoms with E-state index in [1.165, 1.54) is 16.8 Å². The number of rotatable bonds is 1. The lowest BCUT2D eigenvalue weighted by atomic mass is 10.2. The lowest BCUT2D eigenvalue weighted by molar-refractivity contribution is 0.464. The van der Waals surface area contributed by atoms with Gasteiger partial charge in [-0.25, -0.2) is 0 Å². The van der Waals surface area contributed by atoms with Gasteiger partial charge in [0.25, 0.3) is 5.56 Å². The van der Waals surface area contributed by atoms with Crippen LogP contribution in [0.1, 0.15) is 5.56 Å². The molecule has 0 fully saturated rings. The average Bonchev–Trinajstić information content (AvgIpc) is 1.99. The SMILES string of the molecule is Cn1ccc(O)c(CN)c1=O. The van der Waals surface area contributed by atoms with Gasteiger partial charge in [0, 0.05) is 19.8 Å². The van der Waals surface area contributed by atoms with Crippen LogP contribution in [-0.4, -0.2) is 9.67 Å². The molecule has 60 valence electrons. The third-order valence-corrected chi connectivity index (χ3v) is 1.55. The monoisotopic (exact) mass is 154 g/mol. The van der Waals surface area contributed by atoms with Crippen molar-refractivity contribution in [3.8, 4) is 5.75 Å². The van der Waals surface area contributed by atoms with E-state index >= 15 is 0 Å². The number of aromatic nitrogens is 1. The van der Waals surface area contributed by atoms with Gasteiger partial charge in [-0.3, -0.25) is 4.79 Å². The molecule has 11 heavy (non-hydrogen) atoms. The summed E-state index contributed by atoms with van der Waals surface area (Å²) in [6, 6.07) is 1.45. The van der Waals surface area contributed by atoms with Gasteiger partial charge in [-0.15, -0.1) is 0 Å². The Morgan fingerprint density at radius 2 is 2.36 bits per heavy atom. The molecule has 0 aromatic carbocycles. The van der Waals surface area contributed by atoms with Gasteiger partial charge in [0.1, 0.15) is 5.75 Å². The zero-order chi connectivity index (χ0) is 8.43. The third kappa shape index (κ3) is 1.25. The van der Waals surface area contributed by atoms with Gasteiger partial charge >= 0.3 is 0 Å². The summed E-state index contributed by atoms with van der Waals surface area (Å²) in [6.45, 7) is 0.0688. The molecule has 0 aliphatic rings. The summed E-state index contributed by atoms with van der Waals surface area (Å²) >= 11 is 0. The second kappa shape index (κ2) is 2.75. The first kappa shape index (κ1) is 7.81. The molecule has 0 spiro atoms. The Balaban J connectivity index is 3.41. The average molecular weight is 154 g/mol. The maximum absolute atomic E-state index is 11.1. The summed E-state index contributed by atoms with van der Waals surface area (Å²) in [6.07, 6.45) is 1.50. The Hall–Kier alpha value is -1.29. The zero-order valence-corrected chi connectivity index (χ0v) is 6.24. The Morgan fingerprint density at radius 1 is 1.73 bits per heavy atom. The van der Waals surface area contributed by atoms with E-state index in [1.807, 2.05) is 0 Å². The standard InChI is InChI=1S/C7H10N2O2/c1-9-3-2-6(10)5(4-8)7(9)11/h2-3,10H,4,8H2,1H3. The van der Waals surface area contributed by atoms with Crippen LogP contribution in [0.15, 0.2) is 17.1 Å². The summed E-state index contributed by atoms with van der Waals surface area (Å²) in [5.74, 6) is -0.0319. The topological polar surface area (TPSA) is 68.2 Å². The molecular weight excluding hydrogens is 144 g/mol. The quantitative estimate of drug-likeness (QED) is 0.575. The first-order chi connectivity index (χ1) is 5.16. The van der Waals surface area contributed by atoms with Crippen LogP contribution in [0.2, 0.25) is 0 Å². The first-order valence-electron chi connectivity index (χ1n) is 3.24. The first-order valence-corrected chi connectivity index (χ1v) is 3.24. The van der Waals surface area contributed by atoms with Crippen molar-refractivity contribution >= 4 is 0 Å². The molecule has 0 aliphatic heterocycles. The fourth-order valence-corrected chi connectivity index (χ4v) is 0.865. The van der Waals surface area contributed by atoms with Crippen molar-refractivity contribution in [3.63, 3.8) is 0 Å². The Morgan fingerprint density at radius 3 is 2.82 bits per heavy atom. The van der Waals surface area contributed by atoms with E-state index in [1.54, 1.807) is 7.05 Å². The van der Waals surface area contributed by atoms with Gasteiger partial charge in [0.05, 0.1) is 5.56 Å². The maximum atomic E-state index is 11.1. The predicted molar refractivity (Wildman–Crippen MR) is 41.2 cm³/mol. The minimum absolute atomic E-state index is 0.0319. The van der Waals surface area contributed by atoms with Crippen LogP contribution in [0.25, 0.3) is 0 Å². The van der Waals surface area contributed by atoms with Gasteiger partial charge in [-0.2, -0.15) is 0 Å². The van der Waals surface area contributed by atoms with Crippen molar-refractivity contribution in [1.29, 1.82) is 0 Å². The molecule has 0 unspecified atom stereocenters. The molecule has 0 amide bonds. The van der Waals surface area contributed by atoms with Crippen LogP contribution in [-0.2, 0) is 13.6 Å². The molecule has 0 atom stereocenters. The summed E-state index contributed by atoms with van der Waals surface area (Å²) in [5, 5.41) is 9.12. The smallest absolute Gasteiger partial charge is 0.258 e. The molecular formula is C7H10N2O2. The summed E-state index contributed by atoms with van der Waals surface area (Å²) in [4.78, 5) is 11.1. The van der Waals surface area contributed by atoms with E-state index in [0.29, 0.717) is 0 Å². The second-order valence-electron chi connectivity index (χ2n) is 2.30. The van der Waals surface area contributed by atoms with Gasteiger partial charge in [-0.1, -0.05) is 0 Å². The fourth-order valence-electron chi connectivity index (χ4n) is 0.865. The summed E-state index contributed by atoms with van der Waals surface area (Å²) in [5.41, 5.74) is 5.26. The Bertz CT molecular complexity index is 317. The van der Waals surface area contributed by atoms with E-state index < -0.39 is 0 Å². The molecule has 1 rings (SSSR count). The van der Waals surface area contributed by atoms with Gasteiger partial charge in [0.15, 0.2) is 0 Å². The Labute approximate surface area is 63.9 Å². The highest BCUT2D eigenvalue weighted by atomic mass is 16.3. The van der Waals surface area contributed by atoms with Crippen molar-refractivity contribution in [2.45, 2.75) is 6.54 Å². The second-order valence-corrected chi connectivity index (χ2v) is 2.30. The molecule has 1 aromatic rings. The number of aryl methyl sites for hydroxylation is 1. The van der Waals surface area contributed by atoms with Gasteiger partial charge in [0.2, 0.25) is 0 Å². The fraction of sp³-hybridized carbons (Fsp3) is 0.286. The summed E-state index contributed by atoms with van der Waals surface area (Å²) in [7, 11) is 1.61. The molecule has 0 saturated heterocycles. The molecule has 1 aromatic heterocycles. The Kier molecular flexibility index (Phi) is 1.96. The predicted octanol–water partition coefficient (Wildman–Crippen LogP) is -0.450. The lowest BCUT2D eigenvalue weighted by Gasteiger charge is -2.02. The van der Waals surface area contributed by atoms with Gasteiger partial charge < -0.3 is 15.4 Å². The van der Waals surface area contributed by atoms with Crippen LogP contribution < -0.4 is 11.3 Å². The van der Waals surface area contributed by atoms with Crippen LogP contribution in [0, 0.1) is 0 Å². The van der Waals surface area contributed by atoms with E-state index in [9.17, 15) is 4.79 Å². The van der Waals surface area contributed by atoms with Crippen LogP contribution >= 0.6 is 0 Å². The molecule has 0 aliphatic carbocycles. The van der Waals surface area contributed by atoms with Gasteiger partial charge in [-0.05, 0) is 6.07 Å². The number of nitrogens with zero attached hydrogens (tertiary/aromatic N) is 1. The highest BCUT2D eigenvalue weighted by Gasteiger charge is 2.03. The minimum Gasteiger partial charge on any atom is -0.507 e. The number of nitrogens with two attached hydrogens (primary N) is 1. The number of hydrogen-bond acceptors (Lipinski definition) is 3. The molecule has 4 heteroatoms. The van der Waals surface area contributed by atoms with Crippen LogP contribution in [0.4, 0.5) is 0 Å². The molecule has 0 bridgehead atoms. The zero-order valence-electron chi connectivity index (χ0n) is 6.24. The van der Waals surface area contributed by atoms with E-state index in [4.69, 9.17) is 10.8 Å². The van der Waals surface area contributed by atoms with Crippen molar-refractivity contribution in [2.75, 3.05) is 0 Å². The van der Waals surface area contributed by atoms with Crippen LogP contribution in [0.3, 0.4) is 0 Å². The molecule has 0 saturated carbocycles. The van der Waals surface area contributed by atoms with E-state index in [-0.39, 0.29) is 23.4 Å². The highest BCUT2D eigenvalue weighted by Crippen LogP contribution is 2.09. The maximum Gasteiger partial charge on any atom is 0.258 e. The molecule has 0 radical (unpaired) electrons. The van der Waals surface area contributed by atoms with E-state index in [2.05, 4.69) is 0 Å². The normalized spacial score (nSPS) is 10.0. The van der Waals surface area contributed by atoms with Crippen LogP contribution in [0.5, 0.6) is 5.75 Å². The number of hydrogen-bond donors (Lipinski definition) is 2. The molecule has 1 heterocycles. The number of pyridine rings is 1. The largest absolute Gasteiger partial charge is 0.507 e. The lowest BCUT2D eigenvalue weighted by Crippen LogP contribution is -2.22. The van der Waals surface area contributed by atoms with Crippen molar-refractivity contribution in [1.82, 2.24) is 4.57 Å². The van der Waals surface area contributed by atoms with E-state index in [0.717, 1.165) is 0 Å². The number of aromatic hydroxyl groups is 1. The molecule has 4 nitrogen and oxygen atoms in total. The highest BCUT2D eigenvalue weighted by molar-refractivity contribution is 5.28. The van der Waals surface area contributed by atoms with Crippen molar-refractivity contribution < 1.29 is 5.11 Å². The summed E-state index contributed by atoms with van der Waals surface area (Å²) < 4.78 is 1.38. The van der Waals surface area contributed by atoms with Crippen molar-refractivity contribution in [3.05, 3.63) is 28.2 Å². The minimum atomic E-state index is -0.243. The van der Waals surface area contributed by atoms with Crippen molar-refractivity contribution in [2.24, 2.45) is 12.8 Å². The molecule has 3 N–H and O–H groups in total.